The van der Waals surface area contributed by atoms with E-state index in [1.54, 1.807) is 7.11 Å². The Morgan fingerprint density at radius 1 is 1.25 bits per heavy atom. The van der Waals surface area contributed by atoms with E-state index in [2.05, 4.69) is 20.4 Å². The minimum atomic E-state index is -0.0676. The summed E-state index contributed by atoms with van der Waals surface area (Å²) >= 11 is 6.37. The van der Waals surface area contributed by atoms with E-state index in [0.29, 0.717) is 5.17 Å². The first-order valence-corrected chi connectivity index (χ1v) is 8.04. The number of ether oxygens (including phenoxy) is 1. The van der Waals surface area contributed by atoms with Gasteiger partial charge in [0.25, 0.3) is 0 Å². The van der Waals surface area contributed by atoms with E-state index in [9.17, 15) is 0 Å². The molecule has 0 saturated carbocycles. The van der Waals surface area contributed by atoms with Crippen LogP contribution in [0.4, 0.5) is 5.82 Å². The maximum Gasteiger partial charge on any atom is 0.141 e. The van der Waals surface area contributed by atoms with E-state index in [1.807, 2.05) is 32.9 Å². The van der Waals surface area contributed by atoms with Crippen molar-refractivity contribution in [3.05, 3.63) is 29.2 Å². The number of rotatable bonds is 2. The van der Waals surface area contributed by atoms with Crippen LogP contribution in [0.2, 0.25) is 0 Å². The number of aryl methyl sites for hydroxylation is 2. The summed E-state index contributed by atoms with van der Waals surface area (Å²) in [6.07, 6.45) is -0.0676. The molecule has 3 heterocycles. The van der Waals surface area contributed by atoms with Crippen LogP contribution in [0, 0.1) is 13.8 Å². The van der Waals surface area contributed by atoms with Gasteiger partial charge in [-0.2, -0.15) is 0 Å². The molecular weight excluding hydrogens is 328 g/mol. The van der Waals surface area contributed by atoms with Gasteiger partial charge in [0.1, 0.15) is 28.7 Å². The normalized spacial score (nSPS) is 16.7. The summed E-state index contributed by atoms with van der Waals surface area (Å²) in [5.41, 5.74) is 4.52. The fourth-order valence-electron chi connectivity index (χ4n) is 3.25. The number of fused-ring (bicyclic) bond motifs is 3. The highest BCUT2D eigenvalue weighted by atomic mass is 35.5. The van der Waals surface area contributed by atoms with E-state index in [4.69, 9.17) is 20.9 Å². The average Bonchev–Trinajstić information content (AvgIpc) is 3.05. The summed E-state index contributed by atoms with van der Waals surface area (Å²) in [5, 5.41) is 8.80. The average molecular weight is 345 g/mol. The maximum atomic E-state index is 6.37. The number of hydrogen-bond donors (Lipinski definition) is 2. The topological polar surface area (TPSA) is 75.4 Å². The maximum absolute atomic E-state index is 6.37. The highest BCUT2D eigenvalue weighted by Crippen LogP contribution is 2.41. The standard InChI is InChI=1S/C17H17ClN4O2/c1-7-14(8(2)24-22-7)11-5-12-10(6-13(11)23-4)15-16(18)19-9(3)20-17(15)21-12/h5-6,9,20-21H,1-4H3. The number of benzene rings is 1. The van der Waals surface area contributed by atoms with Crippen molar-refractivity contribution < 1.29 is 9.26 Å². The molecule has 0 radical (unpaired) electrons. The molecule has 1 aliphatic heterocycles. The second-order valence-corrected chi connectivity index (χ2v) is 6.27. The molecule has 4 rings (SSSR count). The summed E-state index contributed by atoms with van der Waals surface area (Å²) in [6, 6.07) is 4.01. The molecule has 1 aliphatic rings. The molecule has 1 aromatic carbocycles. The molecule has 0 spiro atoms. The van der Waals surface area contributed by atoms with Gasteiger partial charge in [-0.15, -0.1) is 0 Å². The van der Waals surface area contributed by atoms with Gasteiger partial charge in [-0.25, -0.2) is 4.99 Å². The number of nitrogens with zero attached hydrogens (tertiary/aromatic N) is 2. The summed E-state index contributed by atoms with van der Waals surface area (Å²) in [4.78, 5) is 7.77. The van der Waals surface area contributed by atoms with Gasteiger partial charge in [0.2, 0.25) is 0 Å². The third kappa shape index (κ3) is 2.10. The van der Waals surface area contributed by atoms with E-state index >= 15 is 0 Å². The number of methoxy groups -OCH3 is 1. The predicted octanol–water partition coefficient (Wildman–Crippen LogP) is 4.21. The largest absolute Gasteiger partial charge is 0.496 e. The van der Waals surface area contributed by atoms with Crippen LogP contribution in [0.25, 0.3) is 22.0 Å². The first kappa shape index (κ1) is 15.1. The van der Waals surface area contributed by atoms with Crippen molar-refractivity contribution in [2.75, 3.05) is 12.4 Å². The molecule has 1 unspecified atom stereocenters. The lowest BCUT2D eigenvalue weighted by atomic mass is 10.0. The molecule has 0 aliphatic carbocycles. The molecule has 124 valence electrons. The second-order valence-electron chi connectivity index (χ2n) is 5.91. The second kappa shape index (κ2) is 5.27. The Bertz CT molecular complexity index is 967. The molecule has 7 heteroatoms. The molecule has 0 saturated heterocycles. The van der Waals surface area contributed by atoms with Gasteiger partial charge in [-0.1, -0.05) is 16.8 Å². The Morgan fingerprint density at radius 2 is 2.04 bits per heavy atom. The van der Waals surface area contributed by atoms with Gasteiger partial charge >= 0.3 is 0 Å². The Morgan fingerprint density at radius 3 is 2.71 bits per heavy atom. The monoisotopic (exact) mass is 344 g/mol. The smallest absolute Gasteiger partial charge is 0.141 e. The lowest BCUT2D eigenvalue weighted by molar-refractivity contribution is 0.393. The van der Waals surface area contributed by atoms with E-state index < -0.39 is 0 Å². The first-order valence-electron chi connectivity index (χ1n) is 7.66. The molecule has 0 amide bonds. The van der Waals surface area contributed by atoms with Crippen molar-refractivity contribution in [3.63, 3.8) is 0 Å². The zero-order valence-electron chi connectivity index (χ0n) is 13.8. The number of nitrogens with one attached hydrogen (secondary N) is 2. The van der Waals surface area contributed by atoms with Crippen molar-refractivity contribution in [2.24, 2.45) is 4.99 Å². The fourth-order valence-corrected chi connectivity index (χ4v) is 3.59. The Balaban J connectivity index is 2.01. The number of hydrogen-bond acceptors (Lipinski definition) is 5. The SMILES string of the molecule is COc1cc2c3c([nH]c2cc1-c1c(C)noc1C)NC(C)N=C3Cl. The van der Waals surface area contributed by atoms with Crippen LogP contribution < -0.4 is 10.1 Å². The molecule has 0 bridgehead atoms. The van der Waals surface area contributed by atoms with E-state index in [1.165, 1.54) is 0 Å². The van der Waals surface area contributed by atoms with Crippen molar-refractivity contribution in [1.82, 2.24) is 10.1 Å². The minimum absolute atomic E-state index is 0.0676. The lowest BCUT2D eigenvalue weighted by Crippen LogP contribution is -2.20. The summed E-state index contributed by atoms with van der Waals surface area (Å²) in [5.74, 6) is 2.37. The summed E-state index contributed by atoms with van der Waals surface area (Å²) < 4.78 is 10.9. The zero-order chi connectivity index (χ0) is 17.0. The van der Waals surface area contributed by atoms with Gasteiger partial charge < -0.3 is 19.6 Å². The molecule has 6 nitrogen and oxygen atoms in total. The first-order chi connectivity index (χ1) is 11.5. The third-order valence-corrected chi connectivity index (χ3v) is 4.57. The number of H-pyrrole nitrogens is 1. The lowest BCUT2D eigenvalue weighted by Gasteiger charge is -2.17. The Hall–Kier alpha value is -2.47. The number of aromatic amines is 1. The number of aliphatic imine (C=N–C) groups is 1. The summed E-state index contributed by atoms with van der Waals surface area (Å²) in [7, 11) is 1.65. The van der Waals surface area contributed by atoms with Gasteiger partial charge in [0.15, 0.2) is 0 Å². The van der Waals surface area contributed by atoms with E-state index in [-0.39, 0.29) is 6.17 Å². The van der Waals surface area contributed by atoms with E-state index in [0.717, 1.165) is 50.6 Å². The zero-order valence-corrected chi connectivity index (χ0v) is 14.6. The molecule has 3 aromatic rings. The van der Waals surface area contributed by atoms with Crippen LogP contribution >= 0.6 is 11.6 Å². The van der Waals surface area contributed by atoms with Gasteiger partial charge in [-0.05, 0) is 32.9 Å². The highest BCUT2D eigenvalue weighted by molar-refractivity contribution is 6.71. The van der Waals surface area contributed by atoms with Crippen LogP contribution in [0.1, 0.15) is 23.9 Å². The predicted molar refractivity (Wildman–Crippen MR) is 95.3 cm³/mol. The molecule has 0 fully saturated rings. The van der Waals surface area contributed by atoms with Crippen molar-refractivity contribution in [2.45, 2.75) is 26.9 Å². The van der Waals surface area contributed by atoms with Crippen LogP contribution in [-0.2, 0) is 0 Å². The van der Waals surface area contributed by atoms with Crippen LogP contribution in [0.15, 0.2) is 21.6 Å². The molecule has 1 atom stereocenters. The van der Waals surface area contributed by atoms with Crippen LogP contribution in [0.5, 0.6) is 5.75 Å². The molecular formula is C17H17ClN4O2. The molecule has 24 heavy (non-hydrogen) atoms. The highest BCUT2D eigenvalue weighted by Gasteiger charge is 2.24. The molecule has 2 N–H and O–H groups in total. The van der Waals surface area contributed by atoms with Gasteiger partial charge in [-0.3, -0.25) is 0 Å². The fraction of sp³-hybridized carbons (Fsp3) is 0.294. The number of anilines is 1. The van der Waals surface area contributed by atoms with Crippen LogP contribution in [-0.4, -0.2) is 28.6 Å². The number of aromatic nitrogens is 2. The third-order valence-electron chi connectivity index (χ3n) is 4.29. The van der Waals surface area contributed by atoms with Crippen molar-refractivity contribution in [1.29, 1.82) is 0 Å². The Kier molecular flexibility index (Phi) is 3.31. The minimum Gasteiger partial charge on any atom is -0.496 e. The summed E-state index contributed by atoms with van der Waals surface area (Å²) in [6.45, 7) is 5.76. The van der Waals surface area contributed by atoms with Crippen molar-refractivity contribution >= 4 is 33.5 Å². The number of halogens is 1. The Labute approximate surface area is 143 Å². The van der Waals surface area contributed by atoms with Crippen LogP contribution in [0.3, 0.4) is 0 Å². The van der Waals surface area contributed by atoms with Gasteiger partial charge in [0, 0.05) is 16.5 Å². The molecule has 2 aromatic heterocycles. The van der Waals surface area contributed by atoms with Crippen molar-refractivity contribution in [3.8, 4) is 16.9 Å². The van der Waals surface area contributed by atoms with Gasteiger partial charge in [0.05, 0.1) is 23.9 Å². The quantitative estimate of drug-likeness (QED) is 0.730.